The summed E-state index contributed by atoms with van der Waals surface area (Å²) >= 11 is 0. The van der Waals surface area contributed by atoms with Crippen molar-refractivity contribution in [1.82, 2.24) is 15.8 Å². The van der Waals surface area contributed by atoms with Gasteiger partial charge in [-0.25, -0.2) is 0 Å². The average Bonchev–Trinajstić information content (AvgIpc) is 3.11. The highest BCUT2D eigenvalue weighted by atomic mass is 16.5. The number of benzene rings is 2. The van der Waals surface area contributed by atoms with Gasteiger partial charge in [-0.05, 0) is 44.2 Å². The molecule has 0 aliphatic heterocycles. The number of aryl methyl sites for hydroxylation is 2. The monoisotopic (exact) mass is 404 g/mol. The van der Waals surface area contributed by atoms with E-state index in [0.717, 1.165) is 49.8 Å². The maximum Gasteiger partial charge on any atom is 0.190 e. The van der Waals surface area contributed by atoms with Crippen molar-refractivity contribution >= 4 is 5.96 Å². The van der Waals surface area contributed by atoms with Crippen LogP contribution in [0.3, 0.4) is 0 Å². The third-order valence-corrected chi connectivity index (χ3v) is 5.41. The third-order valence-electron chi connectivity index (χ3n) is 5.41. The van der Waals surface area contributed by atoms with Crippen LogP contribution in [0.4, 0.5) is 0 Å². The predicted molar refractivity (Wildman–Crippen MR) is 123 cm³/mol. The number of guanidine groups is 1. The second-order valence-electron chi connectivity index (χ2n) is 7.58. The summed E-state index contributed by atoms with van der Waals surface area (Å²) < 4.78 is 5.24. The van der Waals surface area contributed by atoms with Crippen LogP contribution < -0.4 is 10.6 Å². The first-order chi connectivity index (χ1) is 14.7. The highest BCUT2D eigenvalue weighted by Crippen LogP contribution is 2.20. The van der Waals surface area contributed by atoms with E-state index in [1.807, 2.05) is 20.9 Å². The largest absolute Gasteiger partial charge is 0.361 e. The minimum Gasteiger partial charge on any atom is -0.361 e. The van der Waals surface area contributed by atoms with Crippen molar-refractivity contribution in [3.05, 3.63) is 88.8 Å². The molecule has 0 amide bonds. The van der Waals surface area contributed by atoms with Crippen molar-refractivity contribution in [1.29, 1.82) is 0 Å². The molecule has 5 heteroatoms. The topological polar surface area (TPSA) is 62.5 Å². The third kappa shape index (κ3) is 6.21. The molecule has 0 radical (unpaired) electrons. The van der Waals surface area contributed by atoms with E-state index in [1.165, 1.54) is 16.7 Å². The lowest BCUT2D eigenvalue weighted by Crippen LogP contribution is -2.40. The number of hydrogen-bond acceptors (Lipinski definition) is 3. The van der Waals surface area contributed by atoms with Crippen molar-refractivity contribution in [3.8, 4) is 0 Å². The standard InChI is InChI=1S/C25H32N4O/c1-19-24(20(2)30-29-19)15-10-16-27-25(26-3)28-18-23(22-13-8-5-9-14-22)17-21-11-6-4-7-12-21/h4-9,11-14,23H,10,15-18H2,1-3H3,(H2,26,27,28). The van der Waals surface area contributed by atoms with Gasteiger partial charge in [0.2, 0.25) is 0 Å². The highest BCUT2D eigenvalue weighted by molar-refractivity contribution is 5.79. The maximum absolute atomic E-state index is 5.24. The average molecular weight is 405 g/mol. The zero-order chi connectivity index (χ0) is 21.2. The fraction of sp³-hybridized carbons (Fsp3) is 0.360. The van der Waals surface area contributed by atoms with Crippen LogP contribution in [0.5, 0.6) is 0 Å². The molecule has 5 nitrogen and oxygen atoms in total. The summed E-state index contributed by atoms with van der Waals surface area (Å²) in [6.07, 6.45) is 2.93. The van der Waals surface area contributed by atoms with Crippen LogP contribution in [-0.2, 0) is 12.8 Å². The van der Waals surface area contributed by atoms with Gasteiger partial charge in [0.05, 0.1) is 5.69 Å². The molecule has 1 atom stereocenters. The van der Waals surface area contributed by atoms with Crippen LogP contribution >= 0.6 is 0 Å². The van der Waals surface area contributed by atoms with Crippen molar-refractivity contribution in [2.45, 2.75) is 39.0 Å². The molecule has 158 valence electrons. The SMILES string of the molecule is CN=C(NCCCc1c(C)noc1C)NCC(Cc1ccccc1)c1ccccc1. The van der Waals surface area contributed by atoms with Gasteiger partial charge in [-0.15, -0.1) is 0 Å². The fourth-order valence-corrected chi connectivity index (χ4v) is 3.70. The van der Waals surface area contributed by atoms with Crippen molar-refractivity contribution in [3.63, 3.8) is 0 Å². The molecule has 0 saturated carbocycles. The van der Waals surface area contributed by atoms with E-state index in [9.17, 15) is 0 Å². The second-order valence-corrected chi connectivity index (χ2v) is 7.58. The molecule has 3 rings (SSSR count). The Hall–Kier alpha value is -3.08. The summed E-state index contributed by atoms with van der Waals surface area (Å²) in [5.41, 5.74) is 4.88. The van der Waals surface area contributed by atoms with Gasteiger partial charge in [-0.1, -0.05) is 65.8 Å². The number of aromatic nitrogens is 1. The lowest BCUT2D eigenvalue weighted by Gasteiger charge is -2.20. The van der Waals surface area contributed by atoms with Gasteiger partial charge >= 0.3 is 0 Å². The van der Waals surface area contributed by atoms with Gasteiger partial charge in [-0.3, -0.25) is 4.99 Å². The van der Waals surface area contributed by atoms with Gasteiger partial charge in [0.1, 0.15) is 5.76 Å². The van der Waals surface area contributed by atoms with Crippen molar-refractivity contribution in [2.24, 2.45) is 4.99 Å². The summed E-state index contributed by atoms with van der Waals surface area (Å²) in [7, 11) is 1.82. The van der Waals surface area contributed by atoms with Gasteiger partial charge in [-0.2, -0.15) is 0 Å². The van der Waals surface area contributed by atoms with Crippen LogP contribution in [0.25, 0.3) is 0 Å². The quantitative estimate of drug-likeness (QED) is 0.315. The molecular formula is C25H32N4O. The van der Waals surface area contributed by atoms with Crippen molar-refractivity contribution in [2.75, 3.05) is 20.1 Å². The van der Waals surface area contributed by atoms with Crippen LogP contribution in [0, 0.1) is 13.8 Å². The molecule has 0 aliphatic rings. The lowest BCUT2D eigenvalue weighted by molar-refractivity contribution is 0.392. The summed E-state index contributed by atoms with van der Waals surface area (Å²) in [6, 6.07) is 21.3. The summed E-state index contributed by atoms with van der Waals surface area (Å²) in [4.78, 5) is 4.39. The van der Waals surface area contributed by atoms with Crippen LogP contribution in [0.1, 0.15) is 40.5 Å². The van der Waals surface area contributed by atoms with E-state index in [2.05, 4.69) is 81.4 Å². The Morgan fingerprint density at radius 3 is 2.33 bits per heavy atom. The van der Waals surface area contributed by atoms with Gasteiger partial charge < -0.3 is 15.2 Å². The minimum absolute atomic E-state index is 0.370. The van der Waals surface area contributed by atoms with Gasteiger partial charge in [0.15, 0.2) is 5.96 Å². The number of nitrogens with one attached hydrogen (secondary N) is 2. The van der Waals surface area contributed by atoms with E-state index in [1.54, 1.807) is 0 Å². The first kappa shape index (κ1) is 21.6. The Balaban J connectivity index is 1.52. The summed E-state index contributed by atoms with van der Waals surface area (Å²) in [5.74, 6) is 2.12. The second kappa shape index (κ2) is 11.2. The normalized spacial score (nSPS) is 12.6. The highest BCUT2D eigenvalue weighted by Gasteiger charge is 2.13. The molecule has 3 aromatic rings. The van der Waals surface area contributed by atoms with Crippen molar-refractivity contribution < 1.29 is 4.52 Å². The maximum atomic E-state index is 5.24. The van der Waals surface area contributed by atoms with E-state index >= 15 is 0 Å². The summed E-state index contributed by atoms with van der Waals surface area (Å²) in [5, 5.41) is 11.0. The number of hydrogen-bond donors (Lipinski definition) is 2. The Kier molecular flexibility index (Phi) is 8.07. The van der Waals surface area contributed by atoms with E-state index < -0.39 is 0 Å². The smallest absolute Gasteiger partial charge is 0.190 e. The molecule has 0 bridgehead atoms. The van der Waals surface area contributed by atoms with Crippen LogP contribution in [0.15, 0.2) is 70.2 Å². The number of nitrogens with zero attached hydrogens (tertiary/aromatic N) is 2. The minimum atomic E-state index is 0.370. The number of aliphatic imine (C=N–C) groups is 1. The molecule has 2 aromatic carbocycles. The fourth-order valence-electron chi connectivity index (χ4n) is 3.70. The zero-order valence-electron chi connectivity index (χ0n) is 18.2. The predicted octanol–water partition coefficient (Wildman–Crippen LogP) is 4.42. The molecule has 0 aliphatic carbocycles. The molecular weight excluding hydrogens is 372 g/mol. The summed E-state index contributed by atoms with van der Waals surface area (Å²) in [6.45, 7) is 5.64. The molecule has 1 heterocycles. The Morgan fingerprint density at radius 2 is 1.70 bits per heavy atom. The van der Waals surface area contributed by atoms with E-state index in [4.69, 9.17) is 4.52 Å². The Morgan fingerprint density at radius 1 is 1.00 bits per heavy atom. The molecule has 2 N–H and O–H groups in total. The molecule has 0 spiro atoms. The molecule has 0 fully saturated rings. The van der Waals surface area contributed by atoms with Crippen LogP contribution in [-0.4, -0.2) is 31.3 Å². The zero-order valence-corrected chi connectivity index (χ0v) is 18.2. The Labute approximate surface area is 179 Å². The molecule has 0 saturated heterocycles. The lowest BCUT2D eigenvalue weighted by atomic mass is 9.92. The first-order valence-electron chi connectivity index (χ1n) is 10.6. The molecule has 1 unspecified atom stereocenters. The first-order valence-corrected chi connectivity index (χ1v) is 10.6. The molecule has 30 heavy (non-hydrogen) atoms. The number of rotatable bonds is 9. The van der Waals surface area contributed by atoms with E-state index in [-0.39, 0.29) is 0 Å². The van der Waals surface area contributed by atoms with E-state index in [0.29, 0.717) is 5.92 Å². The molecule has 1 aromatic heterocycles. The Bertz CT molecular complexity index is 899. The van der Waals surface area contributed by atoms with Gasteiger partial charge in [0.25, 0.3) is 0 Å². The van der Waals surface area contributed by atoms with Gasteiger partial charge in [0, 0.05) is 31.6 Å². The van der Waals surface area contributed by atoms with Crippen LogP contribution in [0.2, 0.25) is 0 Å².